The number of hydrazone groups is 1. The second-order valence-corrected chi connectivity index (χ2v) is 9.73. The lowest BCUT2D eigenvalue weighted by Gasteiger charge is -2.14. The molecule has 0 spiro atoms. The van der Waals surface area contributed by atoms with Gasteiger partial charge in [0.1, 0.15) is 6.61 Å². The molecule has 3 rings (SSSR count). The van der Waals surface area contributed by atoms with E-state index in [9.17, 15) is 4.79 Å². The van der Waals surface area contributed by atoms with Crippen molar-refractivity contribution in [3.05, 3.63) is 89.0 Å². The first-order valence-electron chi connectivity index (χ1n) is 9.39. The fourth-order valence-electron chi connectivity index (χ4n) is 2.63. The van der Waals surface area contributed by atoms with Gasteiger partial charge in [-0.05, 0) is 128 Å². The molecule has 1 N–H and O–H groups in total. The SMILES string of the molecule is CCOc1cc(/C=N\NC(=O)c2ccc(I)cc2)cc(Br)c1OCc1ccc(I)cc1. The minimum absolute atomic E-state index is 0.269. The fourth-order valence-corrected chi connectivity index (χ4v) is 3.93. The molecule has 0 atom stereocenters. The van der Waals surface area contributed by atoms with Crippen molar-refractivity contribution in [2.75, 3.05) is 6.61 Å². The Bertz CT molecular complexity index is 1070. The van der Waals surface area contributed by atoms with Gasteiger partial charge in [0.25, 0.3) is 5.91 Å². The molecular formula is C23H19BrI2N2O3. The van der Waals surface area contributed by atoms with Crippen LogP contribution in [0.5, 0.6) is 11.5 Å². The molecule has 3 aromatic rings. The highest BCUT2D eigenvalue weighted by Gasteiger charge is 2.12. The molecule has 0 unspecified atom stereocenters. The number of nitrogens with one attached hydrogen (secondary N) is 1. The molecule has 31 heavy (non-hydrogen) atoms. The topological polar surface area (TPSA) is 59.9 Å². The van der Waals surface area contributed by atoms with Crippen LogP contribution in [0, 0.1) is 7.14 Å². The van der Waals surface area contributed by atoms with Gasteiger partial charge in [0.05, 0.1) is 17.3 Å². The van der Waals surface area contributed by atoms with Gasteiger partial charge in [0.15, 0.2) is 11.5 Å². The van der Waals surface area contributed by atoms with Gasteiger partial charge in [-0.1, -0.05) is 12.1 Å². The van der Waals surface area contributed by atoms with E-state index in [4.69, 9.17) is 9.47 Å². The minimum atomic E-state index is -0.269. The Kier molecular flexibility index (Phi) is 9.15. The van der Waals surface area contributed by atoms with Crippen molar-refractivity contribution < 1.29 is 14.3 Å². The lowest BCUT2D eigenvalue weighted by Crippen LogP contribution is -2.17. The lowest BCUT2D eigenvalue weighted by atomic mass is 10.2. The number of rotatable bonds is 8. The molecule has 0 bridgehead atoms. The van der Waals surface area contributed by atoms with Crippen LogP contribution in [0.2, 0.25) is 0 Å². The lowest BCUT2D eigenvalue weighted by molar-refractivity contribution is 0.0955. The zero-order valence-electron chi connectivity index (χ0n) is 16.6. The molecule has 0 heterocycles. The van der Waals surface area contributed by atoms with Crippen LogP contribution in [0.1, 0.15) is 28.4 Å². The first kappa shape index (κ1) is 24.0. The highest BCUT2D eigenvalue weighted by Crippen LogP contribution is 2.37. The standard InChI is InChI=1S/C23H19BrI2N2O3/c1-2-30-21-12-16(13-27-28-23(29)17-5-9-19(26)10-6-17)11-20(24)22(21)31-14-15-3-7-18(25)8-4-15/h3-13H,2,14H2,1H3,(H,28,29)/b27-13-. The van der Waals surface area contributed by atoms with Crippen LogP contribution in [-0.4, -0.2) is 18.7 Å². The molecule has 0 aliphatic carbocycles. The van der Waals surface area contributed by atoms with Gasteiger partial charge in [0.2, 0.25) is 0 Å². The Labute approximate surface area is 217 Å². The summed E-state index contributed by atoms with van der Waals surface area (Å²) >= 11 is 8.03. The minimum Gasteiger partial charge on any atom is -0.490 e. The largest absolute Gasteiger partial charge is 0.490 e. The quantitative estimate of drug-likeness (QED) is 0.168. The van der Waals surface area contributed by atoms with E-state index in [1.165, 1.54) is 3.57 Å². The Hall–Kier alpha value is -1.66. The number of hydrogen-bond donors (Lipinski definition) is 1. The van der Waals surface area contributed by atoms with E-state index in [2.05, 4.69) is 71.6 Å². The monoisotopic (exact) mass is 704 g/mol. The summed E-state index contributed by atoms with van der Waals surface area (Å²) in [6.07, 6.45) is 1.57. The van der Waals surface area contributed by atoms with Crippen LogP contribution in [0.25, 0.3) is 0 Å². The molecule has 0 saturated heterocycles. The highest BCUT2D eigenvalue weighted by atomic mass is 127. The van der Waals surface area contributed by atoms with E-state index in [1.807, 2.05) is 55.5 Å². The predicted octanol–water partition coefficient (Wildman–Crippen LogP) is 6.40. The third kappa shape index (κ3) is 7.18. The van der Waals surface area contributed by atoms with Crippen LogP contribution in [0.4, 0.5) is 0 Å². The second kappa shape index (κ2) is 11.8. The van der Waals surface area contributed by atoms with Crippen molar-refractivity contribution >= 4 is 73.2 Å². The maximum atomic E-state index is 12.2. The Morgan fingerprint density at radius 1 is 1.03 bits per heavy atom. The molecule has 0 aliphatic heterocycles. The van der Waals surface area contributed by atoms with Crippen LogP contribution in [0.3, 0.4) is 0 Å². The number of ether oxygens (including phenoxy) is 2. The van der Waals surface area contributed by atoms with Crippen molar-refractivity contribution in [2.24, 2.45) is 5.10 Å². The molecule has 0 fully saturated rings. The van der Waals surface area contributed by atoms with Gasteiger partial charge in [-0.3, -0.25) is 4.79 Å². The normalized spacial score (nSPS) is 10.8. The summed E-state index contributed by atoms with van der Waals surface area (Å²) in [6, 6.07) is 19.1. The Morgan fingerprint density at radius 2 is 1.68 bits per heavy atom. The number of carbonyl (C=O) groups excluding carboxylic acids is 1. The van der Waals surface area contributed by atoms with E-state index in [0.29, 0.717) is 30.3 Å². The molecule has 5 nitrogen and oxygen atoms in total. The molecule has 3 aromatic carbocycles. The van der Waals surface area contributed by atoms with Gasteiger partial charge >= 0.3 is 0 Å². The van der Waals surface area contributed by atoms with Gasteiger partial charge in [0, 0.05) is 12.7 Å². The first-order chi connectivity index (χ1) is 15.0. The molecule has 0 aromatic heterocycles. The average Bonchev–Trinajstić information content (AvgIpc) is 2.75. The molecular weight excluding hydrogens is 686 g/mol. The van der Waals surface area contributed by atoms with E-state index >= 15 is 0 Å². The fraction of sp³-hybridized carbons (Fsp3) is 0.130. The maximum absolute atomic E-state index is 12.2. The van der Waals surface area contributed by atoms with E-state index in [1.54, 1.807) is 18.3 Å². The smallest absolute Gasteiger partial charge is 0.271 e. The van der Waals surface area contributed by atoms with Gasteiger partial charge in [-0.15, -0.1) is 0 Å². The predicted molar refractivity (Wildman–Crippen MR) is 143 cm³/mol. The number of amides is 1. The van der Waals surface area contributed by atoms with Crippen LogP contribution in [-0.2, 0) is 6.61 Å². The summed E-state index contributed by atoms with van der Waals surface area (Å²) in [5, 5.41) is 4.07. The Morgan fingerprint density at radius 3 is 2.32 bits per heavy atom. The molecule has 8 heteroatoms. The summed E-state index contributed by atoms with van der Waals surface area (Å²) in [7, 11) is 0. The van der Waals surface area contributed by atoms with E-state index in [-0.39, 0.29) is 5.91 Å². The zero-order chi connectivity index (χ0) is 22.2. The van der Waals surface area contributed by atoms with E-state index in [0.717, 1.165) is 19.2 Å². The first-order valence-corrected chi connectivity index (χ1v) is 12.3. The molecule has 1 amide bonds. The highest BCUT2D eigenvalue weighted by molar-refractivity contribution is 14.1. The number of benzene rings is 3. The second-order valence-electron chi connectivity index (χ2n) is 6.38. The zero-order valence-corrected chi connectivity index (χ0v) is 22.5. The summed E-state index contributed by atoms with van der Waals surface area (Å²) in [5.41, 5.74) is 4.92. The van der Waals surface area contributed by atoms with Crippen molar-refractivity contribution in [1.82, 2.24) is 5.43 Å². The molecule has 160 valence electrons. The number of nitrogens with zero attached hydrogens (tertiary/aromatic N) is 1. The molecule has 0 aliphatic rings. The third-order valence-corrected chi connectivity index (χ3v) is 6.14. The van der Waals surface area contributed by atoms with Gasteiger partial charge < -0.3 is 9.47 Å². The number of hydrogen-bond acceptors (Lipinski definition) is 4. The van der Waals surface area contributed by atoms with Gasteiger partial charge in [-0.2, -0.15) is 5.10 Å². The number of halogens is 3. The summed E-state index contributed by atoms with van der Waals surface area (Å²) < 4.78 is 14.8. The summed E-state index contributed by atoms with van der Waals surface area (Å²) in [6.45, 7) is 2.84. The summed E-state index contributed by atoms with van der Waals surface area (Å²) in [4.78, 5) is 12.2. The van der Waals surface area contributed by atoms with Crippen molar-refractivity contribution in [3.8, 4) is 11.5 Å². The van der Waals surface area contributed by atoms with Crippen LogP contribution >= 0.6 is 61.1 Å². The maximum Gasteiger partial charge on any atom is 0.271 e. The number of carbonyl (C=O) groups is 1. The third-order valence-electron chi connectivity index (χ3n) is 4.11. The average molecular weight is 705 g/mol. The molecule has 0 saturated carbocycles. The van der Waals surface area contributed by atoms with Crippen molar-refractivity contribution in [3.63, 3.8) is 0 Å². The molecule has 0 radical (unpaired) electrons. The van der Waals surface area contributed by atoms with Gasteiger partial charge in [-0.25, -0.2) is 5.43 Å². The Balaban J connectivity index is 1.71. The van der Waals surface area contributed by atoms with Crippen LogP contribution in [0.15, 0.2) is 70.2 Å². The van der Waals surface area contributed by atoms with Crippen molar-refractivity contribution in [1.29, 1.82) is 0 Å². The van der Waals surface area contributed by atoms with E-state index < -0.39 is 0 Å². The van der Waals surface area contributed by atoms with Crippen LogP contribution < -0.4 is 14.9 Å². The van der Waals surface area contributed by atoms with Crippen molar-refractivity contribution in [2.45, 2.75) is 13.5 Å². The summed E-state index contributed by atoms with van der Waals surface area (Å²) in [5.74, 6) is 0.961.